The Hall–Kier alpha value is -3.53. The SMILES string of the molecule is C=Cc1ccnc(C(C)C)c1-n1c(=O)nc(N2CCN(C(=O)O)C(C(C)(C)C)C2C)c2cc(F)c(Cl)nc21. The number of halogens is 2. The first-order valence-electron chi connectivity index (χ1n) is 12.4. The molecule has 1 fully saturated rings. The normalized spacial score (nSPS) is 18.3. The van der Waals surface area contributed by atoms with Gasteiger partial charge in [-0.05, 0) is 30.4 Å². The van der Waals surface area contributed by atoms with Crippen LogP contribution in [0.15, 0.2) is 29.7 Å². The van der Waals surface area contributed by atoms with E-state index in [1.54, 1.807) is 18.3 Å². The summed E-state index contributed by atoms with van der Waals surface area (Å²) < 4.78 is 16.2. The maximum atomic E-state index is 14.9. The first-order valence-corrected chi connectivity index (χ1v) is 12.8. The summed E-state index contributed by atoms with van der Waals surface area (Å²) in [6.07, 6.45) is 2.24. The van der Waals surface area contributed by atoms with E-state index in [1.165, 1.54) is 15.5 Å². The number of fused-ring (bicyclic) bond motifs is 1. The second-order valence-corrected chi connectivity index (χ2v) is 11.3. The molecule has 0 saturated carbocycles. The molecule has 3 aromatic heterocycles. The van der Waals surface area contributed by atoms with Crippen molar-refractivity contribution in [2.45, 2.75) is 59.5 Å². The number of hydrogen-bond donors (Lipinski definition) is 1. The van der Waals surface area contributed by atoms with Gasteiger partial charge in [0.1, 0.15) is 5.82 Å². The van der Waals surface area contributed by atoms with Crippen molar-refractivity contribution in [2.75, 3.05) is 18.0 Å². The fourth-order valence-electron chi connectivity index (χ4n) is 5.51. The second kappa shape index (κ2) is 9.98. The Balaban J connectivity index is 2.04. The summed E-state index contributed by atoms with van der Waals surface area (Å²) in [5.41, 5.74) is 0.789. The topological polar surface area (TPSA) is 104 Å². The van der Waals surface area contributed by atoms with Crippen LogP contribution in [0.25, 0.3) is 22.8 Å². The van der Waals surface area contributed by atoms with Gasteiger partial charge in [0.05, 0.1) is 22.8 Å². The van der Waals surface area contributed by atoms with Gasteiger partial charge in [-0.3, -0.25) is 4.98 Å². The Morgan fingerprint density at radius 2 is 1.97 bits per heavy atom. The third kappa shape index (κ3) is 4.62. The average Bonchev–Trinajstić information content (AvgIpc) is 2.83. The molecule has 11 heteroatoms. The number of anilines is 1. The van der Waals surface area contributed by atoms with Crippen LogP contribution in [0, 0.1) is 11.2 Å². The van der Waals surface area contributed by atoms with Gasteiger partial charge in [0.15, 0.2) is 16.6 Å². The van der Waals surface area contributed by atoms with Crippen molar-refractivity contribution in [1.82, 2.24) is 24.4 Å². The molecule has 0 bridgehead atoms. The average molecular weight is 543 g/mol. The third-order valence-corrected chi connectivity index (χ3v) is 7.27. The van der Waals surface area contributed by atoms with Crippen molar-refractivity contribution >= 4 is 40.6 Å². The minimum atomic E-state index is -1.01. The number of aromatic nitrogens is 4. The lowest BCUT2D eigenvalue weighted by atomic mass is 9.80. The molecule has 0 radical (unpaired) electrons. The lowest BCUT2D eigenvalue weighted by Gasteiger charge is -2.51. The molecule has 2 atom stereocenters. The summed E-state index contributed by atoms with van der Waals surface area (Å²) in [5, 5.41) is 9.76. The molecule has 1 aliphatic rings. The van der Waals surface area contributed by atoms with E-state index in [4.69, 9.17) is 11.6 Å². The molecule has 38 heavy (non-hydrogen) atoms. The van der Waals surface area contributed by atoms with E-state index in [0.717, 1.165) is 0 Å². The highest BCUT2D eigenvalue weighted by Gasteiger charge is 2.44. The summed E-state index contributed by atoms with van der Waals surface area (Å²) in [6, 6.07) is 2.16. The largest absolute Gasteiger partial charge is 0.465 e. The minimum absolute atomic E-state index is 0.0564. The van der Waals surface area contributed by atoms with Gasteiger partial charge in [-0.25, -0.2) is 23.5 Å². The fraction of sp³-hybridized carbons (Fsp3) is 0.444. The Kier molecular flexibility index (Phi) is 7.22. The number of pyridine rings is 2. The van der Waals surface area contributed by atoms with Crippen molar-refractivity contribution in [2.24, 2.45) is 5.41 Å². The minimum Gasteiger partial charge on any atom is -0.465 e. The maximum Gasteiger partial charge on any atom is 0.407 e. The summed E-state index contributed by atoms with van der Waals surface area (Å²) in [7, 11) is 0. The van der Waals surface area contributed by atoms with Gasteiger partial charge in [-0.1, -0.05) is 58.9 Å². The Morgan fingerprint density at radius 3 is 2.55 bits per heavy atom. The van der Waals surface area contributed by atoms with Crippen LogP contribution in [0.5, 0.6) is 0 Å². The molecule has 0 spiro atoms. The van der Waals surface area contributed by atoms with E-state index in [-0.39, 0.29) is 47.1 Å². The van der Waals surface area contributed by atoms with Crippen LogP contribution in [-0.2, 0) is 0 Å². The van der Waals surface area contributed by atoms with E-state index in [2.05, 4.69) is 21.5 Å². The predicted octanol–water partition coefficient (Wildman–Crippen LogP) is 5.34. The van der Waals surface area contributed by atoms with Crippen molar-refractivity contribution in [3.8, 4) is 5.69 Å². The van der Waals surface area contributed by atoms with Crippen LogP contribution >= 0.6 is 11.6 Å². The van der Waals surface area contributed by atoms with Crippen molar-refractivity contribution < 1.29 is 14.3 Å². The Labute approximate surface area is 225 Å². The molecule has 0 aromatic carbocycles. The molecule has 0 aliphatic carbocycles. The van der Waals surface area contributed by atoms with Gasteiger partial charge in [0.2, 0.25) is 0 Å². The zero-order valence-electron chi connectivity index (χ0n) is 22.4. The van der Waals surface area contributed by atoms with E-state index in [9.17, 15) is 19.1 Å². The van der Waals surface area contributed by atoms with Gasteiger partial charge >= 0.3 is 11.8 Å². The zero-order chi connectivity index (χ0) is 28.1. The molecule has 4 heterocycles. The predicted molar refractivity (Wildman–Crippen MR) is 147 cm³/mol. The summed E-state index contributed by atoms with van der Waals surface area (Å²) in [5.74, 6) is -0.582. The monoisotopic (exact) mass is 542 g/mol. The standard InChI is InChI=1S/C27H32ClFN6O3/c1-8-16-9-10-30-19(14(2)3)20(16)35-24-17(13-18(29)22(28)31-24)23(32-25(35)36)33-11-12-34(26(37)38)21(15(33)4)27(5,6)7/h8-10,13-15,21H,1,11-12H2,2-7H3,(H,37,38). The highest BCUT2D eigenvalue weighted by atomic mass is 35.5. The van der Waals surface area contributed by atoms with E-state index in [0.29, 0.717) is 16.9 Å². The van der Waals surface area contributed by atoms with E-state index in [1.807, 2.05) is 46.4 Å². The lowest BCUT2D eigenvalue weighted by Crippen LogP contribution is -2.64. The van der Waals surface area contributed by atoms with Gasteiger partial charge in [-0.15, -0.1) is 0 Å². The summed E-state index contributed by atoms with van der Waals surface area (Å²) >= 11 is 6.14. The highest BCUT2D eigenvalue weighted by Crippen LogP contribution is 2.37. The molecule has 2 unspecified atom stereocenters. The smallest absolute Gasteiger partial charge is 0.407 e. The van der Waals surface area contributed by atoms with Gasteiger partial charge in [-0.2, -0.15) is 4.98 Å². The quantitative estimate of drug-likeness (QED) is 0.444. The first kappa shape index (κ1) is 27.5. The molecule has 4 rings (SSSR count). The third-order valence-electron chi connectivity index (χ3n) is 7.00. The zero-order valence-corrected chi connectivity index (χ0v) is 23.1. The van der Waals surface area contributed by atoms with Crippen molar-refractivity contribution in [3.05, 3.63) is 57.6 Å². The van der Waals surface area contributed by atoms with Crippen LogP contribution in [0.3, 0.4) is 0 Å². The molecule has 9 nitrogen and oxygen atoms in total. The van der Waals surface area contributed by atoms with Crippen LogP contribution < -0.4 is 10.6 Å². The Bertz CT molecular complexity index is 1480. The highest BCUT2D eigenvalue weighted by molar-refractivity contribution is 6.30. The molecule has 1 N–H and O–H groups in total. The summed E-state index contributed by atoms with van der Waals surface area (Å²) in [4.78, 5) is 42.3. The van der Waals surface area contributed by atoms with Crippen LogP contribution in [0.4, 0.5) is 15.0 Å². The summed E-state index contributed by atoms with van der Waals surface area (Å²) in [6.45, 7) is 16.0. The number of hydrogen-bond acceptors (Lipinski definition) is 6. The lowest BCUT2D eigenvalue weighted by molar-refractivity contribution is 0.0562. The number of rotatable bonds is 4. The molecule has 3 aromatic rings. The number of carbonyl (C=O) groups is 1. The van der Waals surface area contributed by atoms with Crippen molar-refractivity contribution in [1.29, 1.82) is 0 Å². The fourth-order valence-corrected chi connectivity index (χ4v) is 5.65. The molecular formula is C27H32ClFN6O3. The number of nitrogens with zero attached hydrogens (tertiary/aromatic N) is 6. The number of carboxylic acid groups (broad SMARTS) is 1. The molecule has 1 amide bonds. The number of piperazine rings is 1. The van der Waals surface area contributed by atoms with Gasteiger partial charge < -0.3 is 14.9 Å². The van der Waals surface area contributed by atoms with Gasteiger partial charge in [0, 0.05) is 30.9 Å². The first-order chi connectivity index (χ1) is 17.8. The van der Waals surface area contributed by atoms with Crippen LogP contribution in [0.2, 0.25) is 5.15 Å². The maximum absolute atomic E-state index is 14.9. The number of amides is 1. The molecule has 1 saturated heterocycles. The molecular weight excluding hydrogens is 511 g/mol. The second-order valence-electron chi connectivity index (χ2n) is 10.9. The Morgan fingerprint density at radius 1 is 1.29 bits per heavy atom. The van der Waals surface area contributed by atoms with Crippen molar-refractivity contribution in [3.63, 3.8) is 0 Å². The van der Waals surface area contributed by atoms with Gasteiger partial charge in [0.25, 0.3) is 0 Å². The molecule has 1 aliphatic heterocycles. The van der Waals surface area contributed by atoms with E-state index < -0.39 is 29.1 Å². The van der Waals surface area contributed by atoms with E-state index >= 15 is 0 Å². The van der Waals surface area contributed by atoms with Crippen LogP contribution in [0.1, 0.15) is 58.7 Å². The molecule has 202 valence electrons. The van der Waals surface area contributed by atoms with Crippen LogP contribution in [-0.4, -0.2) is 60.8 Å².